The van der Waals surface area contributed by atoms with E-state index in [4.69, 9.17) is 11.6 Å². The third-order valence-corrected chi connectivity index (χ3v) is 3.84. The first-order valence-corrected chi connectivity index (χ1v) is 7.05. The number of thiophene rings is 1. The van der Waals surface area contributed by atoms with Crippen molar-refractivity contribution in [2.75, 3.05) is 13.1 Å². The highest BCUT2D eigenvalue weighted by atomic mass is 35.5. The fourth-order valence-corrected chi connectivity index (χ4v) is 2.37. The van der Waals surface area contributed by atoms with Gasteiger partial charge in [-0.05, 0) is 31.9 Å². The van der Waals surface area contributed by atoms with Crippen molar-refractivity contribution < 1.29 is 4.79 Å². The first-order chi connectivity index (χ1) is 8.11. The van der Waals surface area contributed by atoms with Gasteiger partial charge in [-0.2, -0.15) is 0 Å². The van der Waals surface area contributed by atoms with Gasteiger partial charge in [-0.1, -0.05) is 18.5 Å². The van der Waals surface area contributed by atoms with Gasteiger partial charge in [0, 0.05) is 17.5 Å². The lowest BCUT2D eigenvalue weighted by Crippen LogP contribution is -2.38. The molecule has 1 atom stereocenters. The van der Waals surface area contributed by atoms with Gasteiger partial charge in [0.1, 0.15) is 0 Å². The van der Waals surface area contributed by atoms with Crippen LogP contribution in [0.1, 0.15) is 25.1 Å². The van der Waals surface area contributed by atoms with Crippen molar-refractivity contribution in [3.8, 4) is 0 Å². The second-order valence-electron chi connectivity index (χ2n) is 4.00. The molecular weight excluding hydrogens is 256 g/mol. The number of nitrogens with one attached hydrogen (secondary N) is 2. The van der Waals surface area contributed by atoms with E-state index in [9.17, 15) is 4.79 Å². The number of rotatable bonds is 7. The molecule has 0 aliphatic rings. The summed E-state index contributed by atoms with van der Waals surface area (Å²) in [6.07, 6.45) is 1.87. The van der Waals surface area contributed by atoms with Gasteiger partial charge < -0.3 is 10.6 Å². The molecule has 1 rings (SSSR count). The zero-order valence-corrected chi connectivity index (χ0v) is 11.8. The minimum Gasteiger partial charge on any atom is -0.355 e. The average molecular weight is 275 g/mol. The van der Waals surface area contributed by atoms with E-state index in [-0.39, 0.29) is 5.91 Å². The van der Waals surface area contributed by atoms with E-state index in [2.05, 4.69) is 24.5 Å². The van der Waals surface area contributed by atoms with Crippen LogP contribution in [-0.2, 0) is 11.2 Å². The van der Waals surface area contributed by atoms with Crippen LogP contribution in [0.3, 0.4) is 0 Å². The van der Waals surface area contributed by atoms with Crippen molar-refractivity contribution in [1.82, 2.24) is 10.6 Å². The molecule has 2 N–H and O–H groups in total. The van der Waals surface area contributed by atoms with Crippen molar-refractivity contribution >= 4 is 28.8 Å². The van der Waals surface area contributed by atoms with E-state index in [0.29, 0.717) is 19.1 Å². The van der Waals surface area contributed by atoms with Gasteiger partial charge in [0.15, 0.2) is 0 Å². The molecule has 0 fully saturated rings. The smallest absolute Gasteiger partial charge is 0.233 e. The maximum Gasteiger partial charge on any atom is 0.233 e. The Balaban J connectivity index is 2.12. The minimum atomic E-state index is 0.0490. The Morgan fingerprint density at radius 3 is 2.88 bits per heavy atom. The summed E-state index contributed by atoms with van der Waals surface area (Å²) in [5.41, 5.74) is 0. The number of carbonyl (C=O) groups is 1. The largest absolute Gasteiger partial charge is 0.355 e. The summed E-state index contributed by atoms with van der Waals surface area (Å²) in [5.74, 6) is 0.0490. The SMILES string of the molecule is CCC(C)NCC(=O)NCCc1ccc(Cl)s1. The molecule has 17 heavy (non-hydrogen) atoms. The molecule has 1 amide bonds. The first-order valence-electron chi connectivity index (χ1n) is 5.86. The molecule has 1 aromatic rings. The van der Waals surface area contributed by atoms with Crippen LogP contribution in [0.25, 0.3) is 0 Å². The third kappa shape index (κ3) is 6.05. The van der Waals surface area contributed by atoms with Gasteiger partial charge in [-0.15, -0.1) is 11.3 Å². The van der Waals surface area contributed by atoms with Crippen LogP contribution >= 0.6 is 22.9 Å². The van der Waals surface area contributed by atoms with E-state index < -0.39 is 0 Å². The van der Waals surface area contributed by atoms with Crippen molar-refractivity contribution in [3.63, 3.8) is 0 Å². The highest BCUT2D eigenvalue weighted by Crippen LogP contribution is 2.21. The number of hydrogen-bond donors (Lipinski definition) is 2. The Labute approximate surface area is 112 Å². The topological polar surface area (TPSA) is 41.1 Å². The lowest BCUT2D eigenvalue weighted by molar-refractivity contribution is -0.120. The van der Waals surface area contributed by atoms with E-state index in [1.165, 1.54) is 4.88 Å². The predicted molar refractivity (Wildman–Crippen MR) is 73.8 cm³/mol. The summed E-state index contributed by atoms with van der Waals surface area (Å²) < 4.78 is 0.796. The Hall–Kier alpha value is -0.580. The van der Waals surface area contributed by atoms with Gasteiger partial charge in [0.2, 0.25) is 5.91 Å². The van der Waals surface area contributed by atoms with Gasteiger partial charge in [-0.3, -0.25) is 4.79 Å². The number of carbonyl (C=O) groups excluding carboxylic acids is 1. The molecule has 0 saturated carbocycles. The Morgan fingerprint density at radius 2 is 2.29 bits per heavy atom. The van der Waals surface area contributed by atoms with E-state index in [0.717, 1.165) is 17.2 Å². The highest BCUT2D eigenvalue weighted by Gasteiger charge is 2.04. The molecule has 3 nitrogen and oxygen atoms in total. The number of amides is 1. The molecule has 0 aromatic carbocycles. The molecule has 1 aromatic heterocycles. The van der Waals surface area contributed by atoms with E-state index in [1.54, 1.807) is 11.3 Å². The molecule has 1 unspecified atom stereocenters. The molecule has 0 aliphatic carbocycles. The molecule has 1 heterocycles. The molecule has 0 spiro atoms. The zero-order chi connectivity index (χ0) is 12.7. The zero-order valence-electron chi connectivity index (χ0n) is 10.3. The molecule has 0 aliphatic heterocycles. The standard InChI is InChI=1S/C12H19ClN2OS/c1-3-9(2)15-8-12(16)14-7-6-10-4-5-11(13)17-10/h4-5,9,15H,3,6-8H2,1-2H3,(H,14,16). The van der Waals surface area contributed by atoms with Crippen molar-refractivity contribution in [2.45, 2.75) is 32.7 Å². The lowest BCUT2D eigenvalue weighted by atomic mass is 10.2. The molecule has 0 bridgehead atoms. The summed E-state index contributed by atoms with van der Waals surface area (Å²) in [6, 6.07) is 4.27. The molecule has 96 valence electrons. The van der Waals surface area contributed by atoms with Crippen LogP contribution in [-0.4, -0.2) is 25.0 Å². The predicted octanol–water partition coefficient (Wildman–Crippen LogP) is 2.45. The van der Waals surface area contributed by atoms with E-state index >= 15 is 0 Å². The monoisotopic (exact) mass is 274 g/mol. The molecular formula is C12H19ClN2OS. The highest BCUT2D eigenvalue weighted by molar-refractivity contribution is 7.16. The van der Waals surface area contributed by atoms with Crippen LogP contribution in [0, 0.1) is 0 Å². The van der Waals surface area contributed by atoms with Crippen molar-refractivity contribution in [3.05, 3.63) is 21.3 Å². The van der Waals surface area contributed by atoms with E-state index in [1.807, 2.05) is 12.1 Å². The quantitative estimate of drug-likeness (QED) is 0.802. The van der Waals surface area contributed by atoms with Gasteiger partial charge in [0.25, 0.3) is 0 Å². The fraction of sp³-hybridized carbons (Fsp3) is 0.583. The summed E-state index contributed by atoms with van der Waals surface area (Å²) in [5, 5.41) is 6.04. The van der Waals surface area contributed by atoms with Crippen LogP contribution in [0.2, 0.25) is 4.34 Å². The lowest BCUT2D eigenvalue weighted by Gasteiger charge is -2.10. The number of hydrogen-bond acceptors (Lipinski definition) is 3. The maximum absolute atomic E-state index is 11.5. The van der Waals surface area contributed by atoms with Crippen LogP contribution in [0.15, 0.2) is 12.1 Å². The number of halogens is 1. The van der Waals surface area contributed by atoms with Crippen molar-refractivity contribution in [1.29, 1.82) is 0 Å². The fourth-order valence-electron chi connectivity index (χ4n) is 1.28. The second kappa shape index (κ2) is 7.69. The summed E-state index contributed by atoms with van der Waals surface area (Å²) in [4.78, 5) is 12.7. The average Bonchev–Trinajstić information content (AvgIpc) is 2.72. The van der Waals surface area contributed by atoms with Crippen LogP contribution in [0.4, 0.5) is 0 Å². The maximum atomic E-state index is 11.5. The van der Waals surface area contributed by atoms with Crippen molar-refractivity contribution in [2.24, 2.45) is 0 Å². The summed E-state index contributed by atoms with van der Waals surface area (Å²) in [6.45, 7) is 5.22. The van der Waals surface area contributed by atoms with Gasteiger partial charge in [-0.25, -0.2) is 0 Å². The third-order valence-electron chi connectivity index (χ3n) is 2.55. The Kier molecular flexibility index (Phi) is 6.55. The summed E-state index contributed by atoms with van der Waals surface area (Å²) >= 11 is 7.38. The Morgan fingerprint density at radius 1 is 1.53 bits per heavy atom. The van der Waals surface area contributed by atoms with Gasteiger partial charge in [0.05, 0.1) is 10.9 Å². The van der Waals surface area contributed by atoms with Crippen LogP contribution < -0.4 is 10.6 Å². The summed E-state index contributed by atoms with van der Waals surface area (Å²) in [7, 11) is 0. The van der Waals surface area contributed by atoms with Crippen LogP contribution in [0.5, 0.6) is 0 Å². The minimum absolute atomic E-state index is 0.0490. The molecule has 0 radical (unpaired) electrons. The Bertz CT molecular complexity index is 354. The molecule has 5 heteroatoms. The molecule has 0 saturated heterocycles. The first kappa shape index (κ1) is 14.5. The second-order valence-corrected chi connectivity index (χ2v) is 5.80. The normalized spacial score (nSPS) is 12.4. The van der Waals surface area contributed by atoms with Gasteiger partial charge >= 0.3 is 0 Å².